The molecule has 0 bridgehead atoms. The van der Waals surface area contributed by atoms with E-state index < -0.39 is 23.8 Å². The van der Waals surface area contributed by atoms with Crippen LogP contribution in [0.25, 0.3) is 0 Å². The van der Waals surface area contributed by atoms with Crippen LogP contribution in [-0.4, -0.2) is 58.1 Å². The number of piperidine rings is 1. The zero-order valence-corrected chi connectivity index (χ0v) is 23.0. The van der Waals surface area contributed by atoms with Crippen LogP contribution in [0.2, 0.25) is 0 Å². The minimum atomic E-state index is -4.63. The standard InChI is InChI=1S/C31H29F3N4O5/c32-31(33,34)22-12-16(3-4-17(22)14-38-11-1-2-18(39)15-38)30(41)37-27-26-21-13-19(5-7-23(21)43-28(26)27)42-24-9-10-35-29-20(24)6-8-25(40)36-29/h3-5,7,9-10,12-13,18,26-28,39H,1-2,6,8,11,14-15H2,(H,37,41)(H,35,36,40)/t18-,26-,27-,28?/m0/s1. The smallest absolute Gasteiger partial charge is 0.416 e. The number of benzene rings is 2. The van der Waals surface area contributed by atoms with E-state index in [9.17, 15) is 27.9 Å². The molecule has 1 aliphatic carbocycles. The van der Waals surface area contributed by atoms with E-state index in [-0.39, 0.29) is 41.6 Å². The third-order valence-electron chi connectivity index (χ3n) is 8.51. The van der Waals surface area contributed by atoms with Gasteiger partial charge in [-0.2, -0.15) is 13.2 Å². The number of carbonyl (C=O) groups excluding carboxylic acids is 2. The lowest BCUT2D eigenvalue weighted by Gasteiger charge is -2.30. The number of nitrogens with zero attached hydrogens (tertiary/aromatic N) is 2. The number of aliphatic hydroxyl groups excluding tert-OH is 1. The van der Waals surface area contributed by atoms with Gasteiger partial charge in [0, 0.05) is 42.4 Å². The number of amides is 2. The van der Waals surface area contributed by atoms with Gasteiger partial charge in [-0.05, 0) is 67.8 Å². The third kappa shape index (κ3) is 5.40. The normalized spacial score (nSPS) is 24.2. The number of aliphatic hydroxyl groups is 1. The zero-order chi connectivity index (χ0) is 29.9. The van der Waals surface area contributed by atoms with Gasteiger partial charge in [-0.15, -0.1) is 0 Å². The highest BCUT2D eigenvalue weighted by Crippen LogP contribution is 2.54. The lowest BCUT2D eigenvalue weighted by Crippen LogP contribution is -2.38. The van der Waals surface area contributed by atoms with E-state index >= 15 is 0 Å². The van der Waals surface area contributed by atoms with E-state index in [0.717, 1.165) is 23.6 Å². The van der Waals surface area contributed by atoms with Gasteiger partial charge in [0.1, 0.15) is 29.2 Å². The molecule has 3 N–H and O–H groups in total. The Morgan fingerprint density at radius 1 is 1.19 bits per heavy atom. The molecule has 12 heteroatoms. The molecule has 0 radical (unpaired) electrons. The van der Waals surface area contributed by atoms with Crippen molar-refractivity contribution >= 4 is 17.6 Å². The SMILES string of the molecule is O=C1CCc2c(Oc3ccc4c(c3)[C@@H]3C(O4)[C@H]3NC(=O)c3ccc(CN4CCC[C@H](O)C4)c(C(F)(F)F)c3)ccnc2N1. The summed E-state index contributed by atoms with van der Waals surface area (Å²) in [5.41, 5.74) is 0.804. The van der Waals surface area contributed by atoms with Crippen LogP contribution in [-0.2, 0) is 23.9 Å². The molecule has 2 aromatic carbocycles. The number of aromatic nitrogens is 1. The second-order valence-corrected chi connectivity index (χ2v) is 11.5. The van der Waals surface area contributed by atoms with Crippen molar-refractivity contribution in [2.24, 2.45) is 0 Å². The molecule has 9 nitrogen and oxygen atoms in total. The number of hydrogen-bond donors (Lipinski definition) is 3. The first-order valence-electron chi connectivity index (χ1n) is 14.3. The summed E-state index contributed by atoms with van der Waals surface area (Å²) in [7, 11) is 0. The van der Waals surface area contributed by atoms with Crippen molar-refractivity contribution in [3.8, 4) is 17.2 Å². The van der Waals surface area contributed by atoms with E-state index in [2.05, 4.69) is 15.6 Å². The van der Waals surface area contributed by atoms with Gasteiger partial charge < -0.3 is 25.2 Å². The maximum absolute atomic E-state index is 14.0. The minimum absolute atomic E-state index is 0.0482. The number of rotatable bonds is 6. The first kappa shape index (κ1) is 27.7. The highest BCUT2D eigenvalue weighted by Gasteiger charge is 2.59. The molecule has 224 valence electrons. The number of fused-ring (bicyclic) bond motifs is 4. The van der Waals surface area contributed by atoms with Gasteiger partial charge in [0.05, 0.1) is 23.6 Å². The van der Waals surface area contributed by atoms with E-state index in [4.69, 9.17) is 9.47 Å². The van der Waals surface area contributed by atoms with Gasteiger partial charge in [-0.25, -0.2) is 4.98 Å². The van der Waals surface area contributed by atoms with Crippen LogP contribution in [0.3, 0.4) is 0 Å². The van der Waals surface area contributed by atoms with Crippen LogP contribution in [0.4, 0.5) is 19.0 Å². The number of anilines is 1. The largest absolute Gasteiger partial charge is 0.487 e. The van der Waals surface area contributed by atoms with Crippen molar-refractivity contribution in [2.75, 3.05) is 18.4 Å². The fourth-order valence-corrected chi connectivity index (χ4v) is 6.33. The summed E-state index contributed by atoms with van der Waals surface area (Å²) in [6.07, 6.45) is -1.72. The maximum Gasteiger partial charge on any atom is 0.416 e. The number of ether oxygens (including phenoxy) is 2. The van der Waals surface area contributed by atoms with Crippen LogP contribution < -0.4 is 20.1 Å². The van der Waals surface area contributed by atoms with Gasteiger partial charge in [0.15, 0.2) is 0 Å². The van der Waals surface area contributed by atoms with Crippen LogP contribution in [0.1, 0.15) is 57.8 Å². The molecule has 43 heavy (non-hydrogen) atoms. The summed E-state index contributed by atoms with van der Waals surface area (Å²) < 4.78 is 54.1. The first-order chi connectivity index (χ1) is 20.6. The molecule has 1 saturated carbocycles. The summed E-state index contributed by atoms with van der Waals surface area (Å²) in [5, 5.41) is 15.5. The molecule has 1 saturated heterocycles. The van der Waals surface area contributed by atoms with Crippen LogP contribution >= 0.6 is 0 Å². The van der Waals surface area contributed by atoms with Gasteiger partial charge >= 0.3 is 6.18 Å². The lowest BCUT2D eigenvalue weighted by atomic mass is 10.0. The Kier molecular flexibility index (Phi) is 6.77. The lowest BCUT2D eigenvalue weighted by molar-refractivity contribution is -0.138. The Hall–Kier alpha value is -4.16. The van der Waals surface area contributed by atoms with Gasteiger partial charge in [0.2, 0.25) is 5.91 Å². The number of carbonyl (C=O) groups is 2. The maximum atomic E-state index is 14.0. The molecule has 3 aromatic rings. The topological polar surface area (TPSA) is 113 Å². The number of pyridine rings is 1. The van der Waals surface area contributed by atoms with E-state index in [0.29, 0.717) is 55.4 Å². The molecule has 2 amide bonds. The van der Waals surface area contributed by atoms with Gasteiger partial charge in [0.25, 0.3) is 5.91 Å². The van der Waals surface area contributed by atoms with Crippen molar-refractivity contribution in [2.45, 2.75) is 62.6 Å². The van der Waals surface area contributed by atoms with Crippen LogP contribution in [0.5, 0.6) is 17.2 Å². The Labute approximate surface area is 245 Å². The molecule has 1 unspecified atom stereocenters. The Morgan fingerprint density at radius 2 is 2.05 bits per heavy atom. The number of halogens is 3. The number of hydrogen-bond acceptors (Lipinski definition) is 7. The summed E-state index contributed by atoms with van der Waals surface area (Å²) >= 11 is 0. The molecular weight excluding hydrogens is 565 g/mol. The van der Waals surface area contributed by atoms with E-state index in [1.807, 2.05) is 6.07 Å². The van der Waals surface area contributed by atoms with Crippen molar-refractivity contribution in [3.63, 3.8) is 0 Å². The van der Waals surface area contributed by atoms with E-state index in [1.54, 1.807) is 29.3 Å². The van der Waals surface area contributed by atoms with Crippen molar-refractivity contribution in [3.05, 3.63) is 76.5 Å². The first-order valence-corrected chi connectivity index (χ1v) is 14.3. The van der Waals surface area contributed by atoms with E-state index in [1.165, 1.54) is 12.1 Å². The molecule has 1 aromatic heterocycles. The summed E-state index contributed by atoms with van der Waals surface area (Å²) in [6.45, 7) is 0.978. The third-order valence-corrected chi connectivity index (χ3v) is 8.51. The van der Waals surface area contributed by atoms with Crippen LogP contribution in [0.15, 0.2) is 48.7 Å². The Balaban J connectivity index is 1.05. The molecule has 4 heterocycles. The molecule has 3 aliphatic heterocycles. The number of alkyl halides is 3. The average Bonchev–Trinajstić information content (AvgIpc) is 3.48. The zero-order valence-electron chi connectivity index (χ0n) is 23.0. The van der Waals surface area contributed by atoms with Gasteiger partial charge in [-0.1, -0.05) is 6.07 Å². The Bertz CT molecular complexity index is 1610. The number of nitrogens with one attached hydrogen (secondary N) is 2. The highest BCUT2D eigenvalue weighted by molar-refractivity contribution is 5.95. The summed E-state index contributed by atoms with van der Waals surface area (Å²) in [6, 6.07) is 10.4. The molecule has 4 atom stereocenters. The van der Waals surface area contributed by atoms with Crippen LogP contribution in [0, 0.1) is 0 Å². The summed E-state index contributed by atoms with van der Waals surface area (Å²) in [4.78, 5) is 30.8. The average molecular weight is 595 g/mol. The number of β-amino-alcohol motifs (C(OH)–C–C–N with tert-alkyl or cyclic N) is 1. The molecule has 0 spiro atoms. The van der Waals surface area contributed by atoms with Crippen molar-refractivity contribution < 1.29 is 37.3 Å². The molecule has 4 aliphatic rings. The number of likely N-dealkylation sites (tertiary alicyclic amines) is 1. The molecule has 7 rings (SSSR count). The van der Waals surface area contributed by atoms with Crippen molar-refractivity contribution in [1.82, 2.24) is 15.2 Å². The summed E-state index contributed by atoms with van der Waals surface area (Å²) in [5.74, 6) is 1.44. The quantitative estimate of drug-likeness (QED) is 0.388. The Morgan fingerprint density at radius 3 is 2.86 bits per heavy atom. The predicted molar refractivity (Wildman–Crippen MR) is 148 cm³/mol. The molecule has 2 fully saturated rings. The second kappa shape index (κ2) is 10.5. The second-order valence-electron chi connectivity index (χ2n) is 11.5. The molecular formula is C31H29F3N4O5. The van der Waals surface area contributed by atoms with Gasteiger partial charge in [-0.3, -0.25) is 14.5 Å². The fraction of sp³-hybridized carbons (Fsp3) is 0.387. The fourth-order valence-electron chi connectivity index (χ4n) is 6.33. The highest BCUT2D eigenvalue weighted by atomic mass is 19.4. The van der Waals surface area contributed by atoms with Crippen molar-refractivity contribution in [1.29, 1.82) is 0 Å². The predicted octanol–water partition coefficient (Wildman–Crippen LogP) is 4.39. The monoisotopic (exact) mass is 594 g/mol. The minimum Gasteiger partial charge on any atom is -0.487 e.